The topological polar surface area (TPSA) is 85.3 Å². The minimum atomic E-state index is -4.29. The summed E-state index contributed by atoms with van der Waals surface area (Å²) in [6.45, 7) is 0. The third-order valence-corrected chi connectivity index (χ3v) is 11.1. The van der Waals surface area contributed by atoms with Crippen molar-refractivity contribution in [3.8, 4) is 0 Å². The van der Waals surface area contributed by atoms with E-state index in [0.29, 0.717) is 4.90 Å². The fourth-order valence-corrected chi connectivity index (χ4v) is 9.42. The van der Waals surface area contributed by atoms with Gasteiger partial charge in [0.15, 0.2) is 24.3 Å². The lowest BCUT2D eigenvalue weighted by Crippen LogP contribution is -2.35. The molecule has 0 N–H and O–H groups in total. The molecule has 0 aliphatic carbocycles. The van der Waals surface area contributed by atoms with Gasteiger partial charge < -0.3 is 0 Å². The van der Waals surface area contributed by atoms with E-state index in [1.165, 1.54) is 48.5 Å². The Morgan fingerprint density at radius 3 is 1.36 bits per heavy atom. The Hall–Kier alpha value is -2.29. The highest BCUT2D eigenvalue weighted by molar-refractivity contribution is 8.10. The summed E-state index contributed by atoms with van der Waals surface area (Å²) in [6, 6.07) is 23.0. The maximum Gasteiger partial charge on any atom is 0.196 e. The summed E-state index contributed by atoms with van der Waals surface area (Å²) in [4.78, 5) is 0.133. The molecule has 0 aromatic heterocycles. The molecule has 8 heteroatoms. The molecule has 1 unspecified atom stereocenters. The normalized spacial score (nSPS) is 13.3. The first kappa shape index (κ1) is 20.4. The molecule has 0 heterocycles. The number of hydrogen-bond donors (Lipinski definition) is 0. The third-order valence-electron chi connectivity index (χ3n) is 4.13. The fourth-order valence-electron chi connectivity index (χ4n) is 2.66. The number of rotatable bonds is 7. The molecule has 0 bridgehead atoms. The van der Waals surface area contributed by atoms with Crippen LogP contribution in [0.3, 0.4) is 0 Å². The molecule has 0 amide bonds. The number of sulfone groups is 2. The van der Waals surface area contributed by atoms with Gasteiger partial charge in [-0.25, -0.2) is 16.8 Å². The lowest BCUT2D eigenvalue weighted by molar-refractivity contribution is 0.577. The highest BCUT2D eigenvalue weighted by Gasteiger charge is 2.41. The monoisotopic (exact) mass is 434 g/mol. The Kier molecular flexibility index (Phi) is 6.12. The van der Waals surface area contributed by atoms with Gasteiger partial charge in [0.2, 0.25) is 0 Å². The van der Waals surface area contributed by atoms with Crippen LogP contribution in [0.4, 0.5) is 0 Å². The maximum atomic E-state index is 13.2. The van der Waals surface area contributed by atoms with Crippen LogP contribution < -0.4 is 0 Å². The molecule has 3 aromatic rings. The zero-order valence-electron chi connectivity index (χ0n) is 14.7. The average molecular weight is 435 g/mol. The molecule has 146 valence electrons. The van der Waals surface area contributed by atoms with Crippen molar-refractivity contribution in [2.75, 3.05) is 5.75 Å². The molecule has 0 fully saturated rings. The van der Waals surface area contributed by atoms with Crippen LogP contribution in [0.2, 0.25) is 0 Å². The minimum Gasteiger partial charge on any atom is -0.254 e. The van der Waals surface area contributed by atoms with E-state index in [4.69, 9.17) is 0 Å². The zero-order valence-corrected chi connectivity index (χ0v) is 17.2. The van der Waals surface area contributed by atoms with Gasteiger partial charge >= 0.3 is 0 Å². The zero-order chi connectivity index (χ0) is 20.2. The highest BCUT2D eigenvalue weighted by Crippen LogP contribution is 2.27. The predicted octanol–water partition coefficient (Wildman–Crippen LogP) is 3.07. The van der Waals surface area contributed by atoms with E-state index < -0.39 is 40.8 Å². The van der Waals surface area contributed by atoms with Gasteiger partial charge in [0.1, 0.15) is 0 Å². The largest absolute Gasteiger partial charge is 0.254 e. The van der Waals surface area contributed by atoms with Gasteiger partial charge in [0.25, 0.3) is 0 Å². The summed E-state index contributed by atoms with van der Waals surface area (Å²) in [5.41, 5.74) is 0. The molecule has 28 heavy (non-hydrogen) atoms. The maximum absolute atomic E-state index is 13.2. The van der Waals surface area contributed by atoms with Gasteiger partial charge in [0.05, 0.1) is 26.3 Å². The predicted molar refractivity (Wildman–Crippen MR) is 109 cm³/mol. The van der Waals surface area contributed by atoms with Crippen molar-refractivity contribution in [2.24, 2.45) is 0 Å². The van der Waals surface area contributed by atoms with Gasteiger partial charge in [-0.05, 0) is 36.4 Å². The fraction of sp³-hybridized carbons (Fsp3) is 0.100. The molecule has 5 nitrogen and oxygen atoms in total. The Balaban J connectivity index is 2.11. The van der Waals surface area contributed by atoms with Crippen LogP contribution in [0, 0.1) is 0 Å². The Bertz CT molecular complexity index is 1090. The molecular weight excluding hydrogens is 416 g/mol. The van der Waals surface area contributed by atoms with Crippen LogP contribution in [0.1, 0.15) is 0 Å². The third kappa shape index (κ3) is 4.24. The van der Waals surface area contributed by atoms with E-state index in [9.17, 15) is 21.0 Å². The standard InChI is InChI=1S/C20H18O5S3/c21-26(17-10-4-1-5-11-17)16-20(27(22,23)18-12-6-2-7-13-18)28(24,25)19-14-8-3-9-15-19/h1-15,20H,16H2. The molecule has 1 atom stereocenters. The van der Waals surface area contributed by atoms with Gasteiger partial charge in [-0.2, -0.15) is 0 Å². The van der Waals surface area contributed by atoms with Crippen LogP contribution in [0.15, 0.2) is 106 Å². The van der Waals surface area contributed by atoms with E-state index in [1.54, 1.807) is 42.5 Å². The van der Waals surface area contributed by atoms with E-state index in [2.05, 4.69) is 0 Å². The number of benzene rings is 3. The Morgan fingerprint density at radius 2 is 0.964 bits per heavy atom. The molecule has 0 spiro atoms. The van der Waals surface area contributed by atoms with Crippen molar-refractivity contribution in [3.05, 3.63) is 91.0 Å². The molecule has 3 rings (SSSR count). The average Bonchev–Trinajstić information content (AvgIpc) is 2.73. The lowest BCUT2D eigenvalue weighted by atomic mass is 10.4. The lowest BCUT2D eigenvalue weighted by Gasteiger charge is -2.18. The van der Waals surface area contributed by atoms with Gasteiger partial charge in [-0.15, -0.1) is 0 Å². The second kappa shape index (κ2) is 8.38. The summed E-state index contributed by atoms with van der Waals surface area (Å²) in [5.74, 6) is -0.557. The summed E-state index contributed by atoms with van der Waals surface area (Å²) < 4.78 is 63.7. The first-order valence-corrected chi connectivity index (χ1v) is 12.8. The van der Waals surface area contributed by atoms with Crippen LogP contribution in [0.5, 0.6) is 0 Å². The highest BCUT2D eigenvalue weighted by atomic mass is 32.3. The summed E-state index contributed by atoms with van der Waals surface area (Å²) in [5, 5.41) is 0. The van der Waals surface area contributed by atoms with Crippen molar-refractivity contribution in [2.45, 2.75) is 19.3 Å². The van der Waals surface area contributed by atoms with Crippen molar-refractivity contribution in [3.63, 3.8) is 0 Å². The molecule has 3 aromatic carbocycles. The SMILES string of the molecule is O=S(CC(S(=O)(=O)c1ccccc1)S(=O)(=O)c1ccccc1)c1ccccc1. The second-order valence-electron chi connectivity index (χ2n) is 5.97. The van der Waals surface area contributed by atoms with Crippen molar-refractivity contribution in [1.82, 2.24) is 0 Å². The van der Waals surface area contributed by atoms with Crippen LogP contribution in [0.25, 0.3) is 0 Å². The van der Waals surface area contributed by atoms with Crippen LogP contribution in [-0.4, -0.2) is 31.4 Å². The van der Waals surface area contributed by atoms with Crippen LogP contribution >= 0.6 is 0 Å². The quantitative estimate of drug-likeness (QED) is 0.570. The van der Waals surface area contributed by atoms with Gasteiger partial charge in [-0.3, -0.25) is 4.21 Å². The molecule has 0 saturated carbocycles. The van der Waals surface area contributed by atoms with Gasteiger partial charge in [0, 0.05) is 4.90 Å². The molecule has 0 saturated heterocycles. The molecule has 0 aliphatic rings. The van der Waals surface area contributed by atoms with Crippen molar-refractivity contribution >= 4 is 30.5 Å². The summed E-state index contributed by atoms with van der Waals surface area (Å²) in [6.07, 6.45) is 0. The minimum absolute atomic E-state index is 0.121. The van der Waals surface area contributed by atoms with Crippen molar-refractivity contribution < 1.29 is 21.0 Å². The van der Waals surface area contributed by atoms with Gasteiger partial charge in [-0.1, -0.05) is 54.6 Å². The molecule has 0 aliphatic heterocycles. The van der Waals surface area contributed by atoms with E-state index in [0.717, 1.165) is 0 Å². The Morgan fingerprint density at radius 1 is 0.607 bits per heavy atom. The van der Waals surface area contributed by atoms with Crippen LogP contribution in [-0.2, 0) is 30.5 Å². The Labute approximate surface area is 167 Å². The second-order valence-corrected chi connectivity index (χ2v) is 12.0. The smallest absolute Gasteiger partial charge is 0.196 e. The first-order valence-electron chi connectivity index (χ1n) is 8.35. The summed E-state index contributed by atoms with van der Waals surface area (Å²) in [7, 11) is -10.4. The summed E-state index contributed by atoms with van der Waals surface area (Å²) >= 11 is 0. The van der Waals surface area contributed by atoms with E-state index in [-0.39, 0.29) is 9.79 Å². The molecule has 0 radical (unpaired) electrons. The molecular formula is C20H18O5S3. The number of hydrogen-bond acceptors (Lipinski definition) is 5. The van der Waals surface area contributed by atoms with E-state index in [1.807, 2.05) is 0 Å². The van der Waals surface area contributed by atoms with E-state index >= 15 is 0 Å². The first-order chi connectivity index (χ1) is 13.3. The van der Waals surface area contributed by atoms with Crippen molar-refractivity contribution in [1.29, 1.82) is 0 Å².